The Kier molecular flexibility index (Phi) is 3.67. The summed E-state index contributed by atoms with van der Waals surface area (Å²) in [5.41, 5.74) is 1.42. The number of fused-ring (bicyclic) bond motifs is 1. The van der Waals surface area contributed by atoms with E-state index in [0.717, 1.165) is 12.2 Å². The fourth-order valence-electron chi connectivity index (χ4n) is 1.94. The normalized spacial score (nSPS) is 10.9. The van der Waals surface area contributed by atoms with Crippen LogP contribution in [0.25, 0.3) is 10.1 Å². The zero-order valence-corrected chi connectivity index (χ0v) is 11.6. The molecule has 0 fully saturated rings. The summed E-state index contributed by atoms with van der Waals surface area (Å²) >= 11 is 3.85. The summed E-state index contributed by atoms with van der Waals surface area (Å²) in [4.78, 5) is 0. The van der Waals surface area contributed by atoms with Gasteiger partial charge in [0.05, 0.1) is 4.21 Å². The Bertz CT molecular complexity index is 593. The topological polar surface area (TPSA) is 0 Å². The Morgan fingerprint density at radius 3 is 2.50 bits per heavy atom. The van der Waals surface area contributed by atoms with Gasteiger partial charge in [-0.1, -0.05) is 48.5 Å². The van der Waals surface area contributed by atoms with E-state index in [0.29, 0.717) is 0 Å². The molecule has 0 saturated carbocycles. The first-order valence-corrected chi connectivity index (χ1v) is 7.87. The van der Waals surface area contributed by atoms with Crippen molar-refractivity contribution >= 4 is 33.2 Å². The molecular formula is C16H14S2. The molecule has 0 nitrogen and oxygen atoms in total. The maximum Gasteiger partial charge on any atom is 0.0611 e. The summed E-state index contributed by atoms with van der Waals surface area (Å²) in [6.45, 7) is 0. The average Bonchev–Trinajstić information content (AvgIpc) is 2.82. The van der Waals surface area contributed by atoms with E-state index in [2.05, 4.69) is 60.7 Å². The van der Waals surface area contributed by atoms with E-state index in [1.54, 1.807) is 0 Å². The zero-order valence-electron chi connectivity index (χ0n) is 10.0. The molecule has 0 radical (unpaired) electrons. The minimum absolute atomic E-state index is 1.14. The number of thiophene rings is 1. The number of rotatable bonds is 4. The molecule has 0 unspecified atom stereocenters. The van der Waals surface area contributed by atoms with Crippen molar-refractivity contribution in [3.05, 3.63) is 66.2 Å². The van der Waals surface area contributed by atoms with Crippen LogP contribution in [-0.4, -0.2) is 5.75 Å². The Balaban J connectivity index is 1.63. The highest BCUT2D eigenvalue weighted by Gasteiger charge is 2.01. The third kappa shape index (κ3) is 2.77. The summed E-state index contributed by atoms with van der Waals surface area (Å²) in [5, 5.41) is 1.37. The van der Waals surface area contributed by atoms with Crippen molar-refractivity contribution in [1.82, 2.24) is 0 Å². The standard InChI is InChI=1S/C16H14S2/c1-2-6-13(7-3-1)10-11-17-16-12-14-8-4-5-9-15(14)18-16/h1-9,12H,10-11H2. The molecule has 3 rings (SSSR count). The first-order chi connectivity index (χ1) is 8.92. The number of hydrogen-bond donors (Lipinski definition) is 0. The van der Waals surface area contributed by atoms with E-state index in [4.69, 9.17) is 0 Å². The maximum atomic E-state index is 2.30. The SMILES string of the molecule is c1ccc(CCSc2cc3ccccc3s2)cc1. The summed E-state index contributed by atoms with van der Waals surface area (Å²) in [6.07, 6.45) is 1.14. The molecule has 18 heavy (non-hydrogen) atoms. The number of benzene rings is 2. The fourth-order valence-corrected chi connectivity index (χ4v) is 4.24. The van der Waals surface area contributed by atoms with Crippen LogP contribution in [0.15, 0.2) is 64.9 Å². The molecule has 0 aliphatic rings. The van der Waals surface area contributed by atoms with E-state index >= 15 is 0 Å². The highest BCUT2D eigenvalue weighted by Crippen LogP contribution is 2.32. The van der Waals surface area contributed by atoms with Gasteiger partial charge in [0.25, 0.3) is 0 Å². The first kappa shape index (κ1) is 11.8. The predicted molar refractivity (Wildman–Crippen MR) is 82.7 cm³/mol. The van der Waals surface area contributed by atoms with Crippen LogP contribution in [0.2, 0.25) is 0 Å². The lowest BCUT2D eigenvalue weighted by atomic mass is 10.2. The highest BCUT2D eigenvalue weighted by atomic mass is 32.2. The minimum Gasteiger partial charge on any atom is -0.129 e. The van der Waals surface area contributed by atoms with Crippen molar-refractivity contribution < 1.29 is 0 Å². The van der Waals surface area contributed by atoms with Gasteiger partial charge < -0.3 is 0 Å². The summed E-state index contributed by atoms with van der Waals surface area (Å²) in [5.74, 6) is 1.15. The second-order valence-electron chi connectivity index (χ2n) is 4.19. The lowest BCUT2D eigenvalue weighted by molar-refractivity contribution is 1.16. The molecule has 90 valence electrons. The molecule has 0 atom stereocenters. The molecule has 0 saturated heterocycles. The van der Waals surface area contributed by atoms with Crippen molar-refractivity contribution in [2.45, 2.75) is 10.6 Å². The number of aryl methyl sites for hydroxylation is 1. The van der Waals surface area contributed by atoms with E-state index in [1.807, 2.05) is 23.1 Å². The van der Waals surface area contributed by atoms with Gasteiger partial charge in [-0.25, -0.2) is 0 Å². The van der Waals surface area contributed by atoms with Gasteiger partial charge in [0.15, 0.2) is 0 Å². The molecule has 0 N–H and O–H groups in total. The molecule has 0 spiro atoms. The van der Waals surface area contributed by atoms with E-state index < -0.39 is 0 Å². The van der Waals surface area contributed by atoms with Crippen LogP contribution in [0, 0.1) is 0 Å². The van der Waals surface area contributed by atoms with Gasteiger partial charge in [-0.3, -0.25) is 0 Å². The van der Waals surface area contributed by atoms with Crippen LogP contribution >= 0.6 is 23.1 Å². The Morgan fingerprint density at radius 2 is 1.67 bits per heavy atom. The van der Waals surface area contributed by atoms with E-state index in [-0.39, 0.29) is 0 Å². The zero-order chi connectivity index (χ0) is 12.2. The molecular weight excluding hydrogens is 256 g/mol. The van der Waals surface area contributed by atoms with Gasteiger partial charge in [0.2, 0.25) is 0 Å². The Hall–Kier alpha value is -1.25. The van der Waals surface area contributed by atoms with Crippen LogP contribution < -0.4 is 0 Å². The maximum absolute atomic E-state index is 2.30. The fraction of sp³-hybridized carbons (Fsp3) is 0.125. The summed E-state index contributed by atoms with van der Waals surface area (Å²) in [7, 11) is 0. The van der Waals surface area contributed by atoms with Gasteiger partial charge in [-0.2, -0.15) is 0 Å². The lowest BCUT2D eigenvalue weighted by Crippen LogP contribution is -1.86. The molecule has 0 aliphatic carbocycles. The summed E-state index contributed by atoms with van der Waals surface area (Å²) < 4.78 is 2.81. The summed E-state index contributed by atoms with van der Waals surface area (Å²) in [6, 6.07) is 21.6. The van der Waals surface area contributed by atoms with Crippen molar-refractivity contribution in [3.63, 3.8) is 0 Å². The van der Waals surface area contributed by atoms with Crippen molar-refractivity contribution in [2.24, 2.45) is 0 Å². The molecule has 0 amide bonds. The van der Waals surface area contributed by atoms with Gasteiger partial charge in [-0.05, 0) is 29.5 Å². The van der Waals surface area contributed by atoms with Crippen LogP contribution in [0.4, 0.5) is 0 Å². The Labute approximate surface area is 116 Å². The second kappa shape index (κ2) is 5.59. The van der Waals surface area contributed by atoms with Crippen molar-refractivity contribution in [3.8, 4) is 0 Å². The third-order valence-electron chi connectivity index (χ3n) is 2.88. The van der Waals surface area contributed by atoms with Gasteiger partial charge >= 0.3 is 0 Å². The molecule has 1 aromatic heterocycles. The van der Waals surface area contributed by atoms with Crippen molar-refractivity contribution in [2.75, 3.05) is 5.75 Å². The molecule has 0 aliphatic heterocycles. The van der Waals surface area contributed by atoms with Gasteiger partial charge in [0, 0.05) is 10.5 Å². The van der Waals surface area contributed by atoms with Crippen molar-refractivity contribution in [1.29, 1.82) is 0 Å². The van der Waals surface area contributed by atoms with E-state index in [1.165, 1.54) is 19.9 Å². The van der Waals surface area contributed by atoms with Crippen LogP contribution in [-0.2, 0) is 6.42 Å². The van der Waals surface area contributed by atoms with Crippen LogP contribution in [0.3, 0.4) is 0 Å². The predicted octanol–water partition coefficient (Wildman–Crippen LogP) is 5.24. The monoisotopic (exact) mass is 270 g/mol. The molecule has 3 aromatic rings. The first-order valence-electron chi connectivity index (χ1n) is 6.07. The number of thioether (sulfide) groups is 1. The minimum atomic E-state index is 1.14. The molecule has 2 heteroatoms. The highest BCUT2D eigenvalue weighted by molar-refractivity contribution is 8.01. The van der Waals surface area contributed by atoms with Crippen LogP contribution in [0.5, 0.6) is 0 Å². The van der Waals surface area contributed by atoms with Gasteiger partial charge in [-0.15, -0.1) is 23.1 Å². The quantitative estimate of drug-likeness (QED) is 0.584. The molecule has 1 heterocycles. The third-order valence-corrected chi connectivity index (χ3v) is 5.21. The largest absolute Gasteiger partial charge is 0.129 e. The average molecular weight is 270 g/mol. The molecule has 2 aromatic carbocycles. The lowest BCUT2D eigenvalue weighted by Gasteiger charge is -1.99. The smallest absolute Gasteiger partial charge is 0.0611 e. The van der Waals surface area contributed by atoms with E-state index in [9.17, 15) is 0 Å². The number of hydrogen-bond acceptors (Lipinski definition) is 2. The van der Waals surface area contributed by atoms with Gasteiger partial charge in [0.1, 0.15) is 0 Å². The molecule has 0 bridgehead atoms. The van der Waals surface area contributed by atoms with Crippen LogP contribution in [0.1, 0.15) is 5.56 Å². The Morgan fingerprint density at radius 1 is 0.889 bits per heavy atom. The second-order valence-corrected chi connectivity index (χ2v) is 6.67.